The molecule has 8 nitrogen and oxygen atoms in total. The van der Waals surface area contributed by atoms with E-state index in [1.165, 1.54) is 0 Å². The molecule has 218 valence electrons. The lowest BCUT2D eigenvalue weighted by atomic mass is 9.73. The van der Waals surface area contributed by atoms with E-state index in [4.69, 9.17) is 43.5 Å². The van der Waals surface area contributed by atoms with Crippen LogP contribution in [0.5, 0.6) is 11.5 Å². The lowest BCUT2D eigenvalue weighted by Crippen LogP contribution is -2.46. The van der Waals surface area contributed by atoms with E-state index in [0.717, 1.165) is 74.9 Å². The van der Waals surface area contributed by atoms with Crippen molar-refractivity contribution in [3.8, 4) is 11.5 Å². The average molecular weight is 592 g/mol. The first kappa shape index (κ1) is 30.3. The Morgan fingerprint density at radius 3 is 2.33 bits per heavy atom. The van der Waals surface area contributed by atoms with Crippen LogP contribution in [0, 0.1) is 11.8 Å². The van der Waals surface area contributed by atoms with E-state index in [9.17, 15) is 9.90 Å². The third-order valence-electron chi connectivity index (χ3n) is 7.94. The molecule has 0 bridgehead atoms. The fraction of sp³-hybridized carbons (Fsp3) is 0.533. The molecule has 1 aliphatic carbocycles. The van der Waals surface area contributed by atoms with Gasteiger partial charge in [0.1, 0.15) is 0 Å². The molecule has 1 saturated carbocycles. The summed E-state index contributed by atoms with van der Waals surface area (Å²) in [5.74, 6) is 1.62. The first-order chi connectivity index (χ1) is 19.4. The van der Waals surface area contributed by atoms with E-state index < -0.39 is 0 Å². The second kappa shape index (κ2) is 14.3. The minimum atomic E-state index is -0.0139. The van der Waals surface area contributed by atoms with E-state index in [0.29, 0.717) is 40.3 Å². The van der Waals surface area contributed by atoms with Crippen molar-refractivity contribution < 1.29 is 19.4 Å². The van der Waals surface area contributed by atoms with Crippen molar-refractivity contribution in [2.45, 2.75) is 51.4 Å². The Kier molecular flexibility index (Phi) is 10.8. The summed E-state index contributed by atoms with van der Waals surface area (Å²) in [6.45, 7) is 1.86. The predicted molar refractivity (Wildman–Crippen MR) is 162 cm³/mol. The van der Waals surface area contributed by atoms with Crippen molar-refractivity contribution in [2.75, 3.05) is 51.1 Å². The van der Waals surface area contributed by atoms with Crippen LogP contribution in [0.2, 0.25) is 10.0 Å². The Hall–Kier alpha value is -2.68. The number of methoxy groups -OCH3 is 2. The zero-order valence-electron chi connectivity index (χ0n) is 23.4. The number of benzene rings is 2. The molecule has 3 N–H and O–H groups in total. The number of nitrogens with two attached hydrogens (primary N) is 1. The zero-order valence-corrected chi connectivity index (χ0v) is 24.9. The van der Waals surface area contributed by atoms with Crippen LogP contribution >= 0.6 is 23.2 Å². The number of carbonyl (C=O) groups is 1. The summed E-state index contributed by atoms with van der Waals surface area (Å²) in [6, 6.07) is 9.46. The molecular formula is C30H40Cl2N4O4. The van der Waals surface area contributed by atoms with Gasteiger partial charge in [0.25, 0.3) is 0 Å². The SMILES string of the molecule is COc1ccc(C2=NN(CCCCCCN(CCO)c3cc(Cl)c(N)c(Cl)c3)C(=O)C3CCCCC23)cc1OC. The Balaban J connectivity index is 1.37. The largest absolute Gasteiger partial charge is 0.493 e. The summed E-state index contributed by atoms with van der Waals surface area (Å²) in [7, 11) is 3.26. The number of hydrogen-bond donors (Lipinski definition) is 2. The number of hydrazone groups is 1. The van der Waals surface area contributed by atoms with Crippen LogP contribution in [-0.4, -0.2) is 62.2 Å². The number of amides is 1. The number of aliphatic hydroxyl groups is 1. The molecule has 2 aliphatic rings. The first-order valence-corrected chi connectivity index (χ1v) is 14.9. The van der Waals surface area contributed by atoms with Gasteiger partial charge in [-0.2, -0.15) is 5.10 Å². The summed E-state index contributed by atoms with van der Waals surface area (Å²) in [6.07, 6.45) is 7.83. The maximum Gasteiger partial charge on any atom is 0.246 e. The second-order valence-electron chi connectivity index (χ2n) is 10.5. The molecule has 2 aromatic carbocycles. The van der Waals surface area contributed by atoms with Crippen molar-refractivity contribution in [3.05, 3.63) is 45.9 Å². The van der Waals surface area contributed by atoms with Crippen LogP contribution in [0.15, 0.2) is 35.4 Å². The predicted octanol–water partition coefficient (Wildman–Crippen LogP) is 6.00. The number of unbranched alkanes of at least 4 members (excludes halogenated alkanes) is 3. The van der Waals surface area contributed by atoms with Gasteiger partial charge in [-0.15, -0.1) is 0 Å². The van der Waals surface area contributed by atoms with Gasteiger partial charge in [0, 0.05) is 42.7 Å². The Bertz CT molecular complexity index is 1190. The van der Waals surface area contributed by atoms with Gasteiger partial charge < -0.3 is 25.2 Å². The van der Waals surface area contributed by atoms with E-state index >= 15 is 0 Å². The van der Waals surface area contributed by atoms with Gasteiger partial charge in [0.2, 0.25) is 5.91 Å². The van der Waals surface area contributed by atoms with E-state index in [-0.39, 0.29) is 24.3 Å². The fourth-order valence-corrected chi connectivity index (χ4v) is 6.26. The normalized spacial score (nSPS) is 18.8. The number of rotatable bonds is 13. The molecule has 2 atom stereocenters. The number of nitrogen functional groups attached to an aromatic ring is 1. The van der Waals surface area contributed by atoms with Crippen LogP contribution in [0.3, 0.4) is 0 Å². The highest BCUT2D eigenvalue weighted by atomic mass is 35.5. The molecule has 0 spiro atoms. The quantitative estimate of drug-likeness (QED) is 0.219. The number of ether oxygens (including phenoxy) is 2. The number of aliphatic hydroxyl groups excluding tert-OH is 1. The Morgan fingerprint density at radius 2 is 1.65 bits per heavy atom. The minimum Gasteiger partial charge on any atom is -0.493 e. The number of fused-ring (bicyclic) bond motifs is 1. The van der Waals surface area contributed by atoms with Gasteiger partial charge in [0.15, 0.2) is 11.5 Å². The molecular weight excluding hydrogens is 551 g/mol. The molecule has 0 saturated heterocycles. The third kappa shape index (κ3) is 6.96. The topological polar surface area (TPSA) is 101 Å². The fourth-order valence-electron chi connectivity index (χ4n) is 5.79. The smallest absolute Gasteiger partial charge is 0.246 e. The summed E-state index contributed by atoms with van der Waals surface area (Å²) in [5.41, 5.74) is 9.04. The lowest BCUT2D eigenvalue weighted by molar-refractivity contribution is -0.139. The van der Waals surface area contributed by atoms with Crippen molar-refractivity contribution in [2.24, 2.45) is 16.9 Å². The number of carbonyl (C=O) groups excluding carboxylic acids is 1. The number of hydrogen-bond acceptors (Lipinski definition) is 7. The van der Waals surface area contributed by atoms with Gasteiger partial charge in [-0.05, 0) is 56.0 Å². The van der Waals surface area contributed by atoms with Crippen LogP contribution < -0.4 is 20.1 Å². The number of nitrogens with zero attached hydrogens (tertiary/aromatic N) is 3. The molecule has 1 fully saturated rings. The van der Waals surface area contributed by atoms with E-state index in [1.54, 1.807) is 31.4 Å². The van der Waals surface area contributed by atoms with Crippen molar-refractivity contribution >= 4 is 46.2 Å². The summed E-state index contributed by atoms with van der Waals surface area (Å²) >= 11 is 12.4. The van der Waals surface area contributed by atoms with Crippen LogP contribution in [0.1, 0.15) is 56.9 Å². The summed E-state index contributed by atoms with van der Waals surface area (Å²) < 4.78 is 11.0. The Labute approximate surface area is 247 Å². The van der Waals surface area contributed by atoms with Crippen LogP contribution in [-0.2, 0) is 4.79 Å². The molecule has 1 amide bonds. The first-order valence-electron chi connectivity index (χ1n) is 14.1. The van der Waals surface area contributed by atoms with Crippen molar-refractivity contribution in [3.63, 3.8) is 0 Å². The average Bonchev–Trinajstić information content (AvgIpc) is 2.97. The number of halogens is 2. The van der Waals surface area contributed by atoms with Crippen molar-refractivity contribution in [1.82, 2.24) is 5.01 Å². The van der Waals surface area contributed by atoms with E-state index in [2.05, 4.69) is 4.90 Å². The second-order valence-corrected chi connectivity index (χ2v) is 11.3. The van der Waals surface area contributed by atoms with Gasteiger partial charge in [-0.3, -0.25) is 4.79 Å². The minimum absolute atomic E-state index is 0.0139. The van der Waals surface area contributed by atoms with Gasteiger partial charge in [0.05, 0.1) is 42.3 Å². The van der Waals surface area contributed by atoms with Crippen LogP contribution in [0.25, 0.3) is 0 Å². The third-order valence-corrected chi connectivity index (χ3v) is 8.57. The molecule has 0 radical (unpaired) electrons. The van der Waals surface area contributed by atoms with E-state index in [1.807, 2.05) is 18.2 Å². The summed E-state index contributed by atoms with van der Waals surface area (Å²) in [5, 5.41) is 17.0. The Morgan fingerprint density at radius 1 is 0.975 bits per heavy atom. The maximum absolute atomic E-state index is 13.4. The molecule has 2 aromatic rings. The standard InChI is InChI=1S/C30H40Cl2N4O4/c1-39-26-12-11-20(17-27(26)40-2)29-22-9-5-6-10-23(22)30(38)36(34-29)14-8-4-3-7-13-35(15-16-37)21-18-24(31)28(33)25(32)19-21/h11-12,17-19,22-23,37H,3-10,13-16,33H2,1-2H3. The molecule has 4 rings (SSSR count). The lowest BCUT2D eigenvalue weighted by Gasteiger charge is -2.38. The highest BCUT2D eigenvalue weighted by Gasteiger charge is 2.41. The monoisotopic (exact) mass is 590 g/mol. The zero-order chi connectivity index (χ0) is 28.6. The molecule has 0 aromatic heterocycles. The van der Waals surface area contributed by atoms with Gasteiger partial charge in [-0.1, -0.05) is 48.9 Å². The molecule has 10 heteroatoms. The van der Waals surface area contributed by atoms with Crippen molar-refractivity contribution in [1.29, 1.82) is 0 Å². The summed E-state index contributed by atoms with van der Waals surface area (Å²) in [4.78, 5) is 15.5. The van der Waals surface area contributed by atoms with Gasteiger partial charge >= 0.3 is 0 Å². The van der Waals surface area contributed by atoms with Gasteiger partial charge in [-0.25, -0.2) is 5.01 Å². The molecule has 2 unspecified atom stereocenters. The highest BCUT2D eigenvalue weighted by molar-refractivity contribution is 6.39. The highest BCUT2D eigenvalue weighted by Crippen LogP contribution is 2.39. The molecule has 1 heterocycles. The molecule has 40 heavy (non-hydrogen) atoms. The number of anilines is 2. The molecule has 1 aliphatic heterocycles. The maximum atomic E-state index is 13.4. The van der Waals surface area contributed by atoms with Crippen LogP contribution in [0.4, 0.5) is 11.4 Å².